The number of aromatic nitrogens is 1. The van der Waals surface area contributed by atoms with E-state index in [4.69, 9.17) is 10.5 Å². The first kappa shape index (κ1) is 20.1. The van der Waals surface area contributed by atoms with Crippen molar-refractivity contribution in [3.8, 4) is 5.88 Å². The van der Waals surface area contributed by atoms with Crippen molar-refractivity contribution in [1.29, 1.82) is 0 Å². The summed E-state index contributed by atoms with van der Waals surface area (Å²) in [6, 6.07) is 1.54. The number of hydrogen-bond donors (Lipinski definition) is 2. The topological polar surface area (TPSA) is 115 Å². The van der Waals surface area contributed by atoms with Gasteiger partial charge < -0.3 is 20.7 Å². The number of nitrogens with zero attached hydrogens (tertiary/aromatic N) is 2. The molecule has 1 saturated heterocycles. The Hall–Kier alpha value is -2.64. The van der Waals surface area contributed by atoms with Crippen LogP contribution in [0.15, 0.2) is 12.3 Å². The lowest BCUT2D eigenvalue weighted by Crippen LogP contribution is -2.52. The zero-order valence-corrected chi connectivity index (χ0v) is 16.4. The number of likely N-dealkylation sites (tertiary alicyclic amines) is 1. The van der Waals surface area contributed by atoms with Gasteiger partial charge in [-0.3, -0.25) is 14.4 Å². The van der Waals surface area contributed by atoms with E-state index < -0.39 is 17.7 Å². The molecule has 2 atom stereocenters. The fourth-order valence-corrected chi connectivity index (χ4v) is 4.49. The van der Waals surface area contributed by atoms with Gasteiger partial charge in [-0.05, 0) is 43.6 Å². The number of piperidine rings is 1. The van der Waals surface area contributed by atoms with Gasteiger partial charge in [0, 0.05) is 18.8 Å². The van der Waals surface area contributed by atoms with Crippen LogP contribution in [0.3, 0.4) is 0 Å². The minimum Gasteiger partial charge on any atom is -0.480 e. The summed E-state index contributed by atoms with van der Waals surface area (Å²) >= 11 is 0. The van der Waals surface area contributed by atoms with Crippen molar-refractivity contribution in [3.05, 3.63) is 17.8 Å². The van der Waals surface area contributed by atoms with Gasteiger partial charge in [-0.1, -0.05) is 19.8 Å². The molecule has 3 rings (SSSR count). The number of hydrogen-bond acceptors (Lipinski definition) is 5. The molecular formula is C20H28N4O4. The Bertz CT molecular complexity index is 761. The van der Waals surface area contributed by atoms with Gasteiger partial charge in [0.1, 0.15) is 5.56 Å². The summed E-state index contributed by atoms with van der Waals surface area (Å²) in [5.41, 5.74) is 5.48. The Labute approximate surface area is 164 Å². The fraction of sp³-hybridized carbons (Fsp3) is 0.600. The van der Waals surface area contributed by atoms with Crippen molar-refractivity contribution in [1.82, 2.24) is 9.88 Å². The number of amides is 3. The van der Waals surface area contributed by atoms with Gasteiger partial charge in [-0.25, -0.2) is 4.98 Å². The average Bonchev–Trinajstić information content (AvgIpc) is 3.21. The quantitative estimate of drug-likeness (QED) is 0.765. The second kappa shape index (κ2) is 8.58. The molecule has 2 fully saturated rings. The maximum Gasteiger partial charge on any atom is 0.313 e. The number of nitrogens with one attached hydrogen (secondary N) is 1. The Morgan fingerprint density at radius 1 is 1.21 bits per heavy atom. The number of ether oxygens (including phenoxy) is 1. The molecule has 8 heteroatoms. The second-order valence-electron chi connectivity index (χ2n) is 7.81. The van der Waals surface area contributed by atoms with Crippen molar-refractivity contribution >= 4 is 23.4 Å². The predicted molar refractivity (Wildman–Crippen MR) is 104 cm³/mol. The molecule has 1 aromatic rings. The Kier molecular flexibility index (Phi) is 6.16. The zero-order chi connectivity index (χ0) is 20.3. The second-order valence-corrected chi connectivity index (χ2v) is 7.81. The van der Waals surface area contributed by atoms with Crippen LogP contribution in [0.1, 0.15) is 55.8 Å². The number of primary amides is 1. The molecule has 0 spiro atoms. The maximum atomic E-state index is 13.0. The molecule has 8 nitrogen and oxygen atoms in total. The highest BCUT2D eigenvalue weighted by molar-refractivity contribution is 6.40. The van der Waals surface area contributed by atoms with Crippen LogP contribution in [-0.4, -0.2) is 47.3 Å². The van der Waals surface area contributed by atoms with Gasteiger partial charge in [0.15, 0.2) is 0 Å². The molecule has 0 aromatic carbocycles. The lowest BCUT2D eigenvalue weighted by molar-refractivity contribution is -0.147. The number of methoxy groups -OCH3 is 1. The highest BCUT2D eigenvalue weighted by Gasteiger charge is 2.38. The smallest absolute Gasteiger partial charge is 0.313 e. The molecule has 1 aliphatic heterocycles. The summed E-state index contributed by atoms with van der Waals surface area (Å²) in [6.45, 7) is 2.68. The van der Waals surface area contributed by atoms with E-state index >= 15 is 0 Å². The number of pyridine rings is 1. The van der Waals surface area contributed by atoms with Crippen LogP contribution in [0.25, 0.3) is 0 Å². The van der Waals surface area contributed by atoms with E-state index in [1.807, 2.05) is 0 Å². The zero-order valence-electron chi connectivity index (χ0n) is 16.4. The largest absolute Gasteiger partial charge is 0.480 e. The lowest BCUT2D eigenvalue weighted by Gasteiger charge is -2.41. The third-order valence-corrected chi connectivity index (χ3v) is 5.87. The summed E-state index contributed by atoms with van der Waals surface area (Å²) in [7, 11) is 1.35. The van der Waals surface area contributed by atoms with Gasteiger partial charge in [0.25, 0.3) is 5.91 Å². The number of carbonyl (C=O) groups is 3. The summed E-state index contributed by atoms with van der Waals surface area (Å²) in [4.78, 5) is 43.2. The van der Waals surface area contributed by atoms with Crippen molar-refractivity contribution in [2.75, 3.05) is 19.0 Å². The van der Waals surface area contributed by atoms with Crippen LogP contribution in [0.4, 0.5) is 5.69 Å². The van der Waals surface area contributed by atoms with Crippen LogP contribution in [-0.2, 0) is 9.59 Å². The predicted octanol–water partition coefficient (Wildman–Crippen LogP) is 1.94. The number of rotatable bonds is 4. The minimum atomic E-state index is -0.789. The molecule has 2 heterocycles. The van der Waals surface area contributed by atoms with Crippen molar-refractivity contribution in [2.24, 2.45) is 17.6 Å². The number of carbonyl (C=O) groups excluding carboxylic acids is 3. The van der Waals surface area contributed by atoms with Gasteiger partial charge in [0.2, 0.25) is 5.88 Å². The average molecular weight is 388 g/mol. The Balaban J connectivity index is 1.80. The van der Waals surface area contributed by atoms with E-state index in [0.29, 0.717) is 18.4 Å². The molecule has 1 aliphatic carbocycles. The Morgan fingerprint density at radius 3 is 2.57 bits per heavy atom. The van der Waals surface area contributed by atoms with Crippen molar-refractivity contribution in [3.63, 3.8) is 0 Å². The number of nitrogens with two attached hydrogens (primary N) is 1. The fourth-order valence-electron chi connectivity index (χ4n) is 4.49. The monoisotopic (exact) mass is 388 g/mol. The molecule has 0 unspecified atom stereocenters. The molecule has 152 valence electrons. The maximum absolute atomic E-state index is 13.0. The molecule has 0 radical (unpaired) electrons. The Morgan fingerprint density at radius 2 is 1.93 bits per heavy atom. The van der Waals surface area contributed by atoms with Gasteiger partial charge >= 0.3 is 11.8 Å². The van der Waals surface area contributed by atoms with E-state index in [2.05, 4.69) is 17.2 Å². The van der Waals surface area contributed by atoms with Crippen LogP contribution in [0.5, 0.6) is 5.88 Å². The molecule has 1 aromatic heterocycles. The molecule has 2 aliphatic rings. The van der Waals surface area contributed by atoms with Crippen LogP contribution < -0.4 is 15.8 Å². The highest BCUT2D eigenvalue weighted by Crippen LogP contribution is 2.36. The molecule has 3 amide bonds. The van der Waals surface area contributed by atoms with Crippen molar-refractivity contribution in [2.45, 2.75) is 51.5 Å². The molecule has 1 saturated carbocycles. The summed E-state index contributed by atoms with van der Waals surface area (Å²) in [5.74, 6) is -1.29. The molecule has 28 heavy (non-hydrogen) atoms. The van der Waals surface area contributed by atoms with Crippen LogP contribution >= 0.6 is 0 Å². The minimum absolute atomic E-state index is 0.00757. The summed E-state index contributed by atoms with van der Waals surface area (Å²) in [5, 5.41) is 2.54. The molecule has 0 bridgehead atoms. The van der Waals surface area contributed by atoms with Gasteiger partial charge in [0.05, 0.1) is 12.8 Å². The van der Waals surface area contributed by atoms with E-state index in [1.165, 1.54) is 32.2 Å². The standard InChI is InChI=1S/C20H28N4O4/c1-12-7-8-15(13-5-3-4-6-13)24(11-12)20(27)18(26)23-14-9-10-22-19(28-2)16(14)17(21)25/h9-10,12-13,15H,3-8,11H2,1-2H3,(H2,21,25)(H,22,23,26)/t12-,15+/m1/s1. The number of anilines is 1. The van der Waals surface area contributed by atoms with Crippen LogP contribution in [0.2, 0.25) is 0 Å². The third-order valence-electron chi connectivity index (χ3n) is 5.87. The van der Waals surface area contributed by atoms with E-state index in [-0.39, 0.29) is 23.2 Å². The first-order valence-electron chi connectivity index (χ1n) is 9.87. The van der Waals surface area contributed by atoms with E-state index in [0.717, 1.165) is 25.7 Å². The third kappa shape index (κ3) is 4.10. The van der Waals surface area contributed by atoms with Crippen LogP contribution in [0, 0.1) is 11.8 Å². The van der Waals surface area contributed by atoms with Crippen molar-refractivity contribution < 1.29 is 19.1 Å². The highest BCUT2D eigenvalue weighted by atomic mass is 16.5. The van der Waals surface area contributed by atoms with Gasteiger partial charge in [-0.2, -0.15) is 0 Å². The molecular weight excluding hydrogens is 360 g/mol. The first-order chi connectivity index (χ1) is 13.4. The van der Waals surface area contributed by atoms with Gasteiger partial charge in [-0.15, -0.1) is 0 Å². The van der Waals surface area contributed by atoms with E-state index in [9.17, 15) is 14.4 Å². The lowest BCUT2D eigenvalue weighted by atomic mass is 9.85. The first-order valence-corrected chi connectivity index (χ1v) is 9.87. The molecule has 3 N–H and O–H groups in total. The normalized spacial score (nSPS) is 22.7. The summed E-state index contributed by atoms with van der Waals surface area (Å²) in [6.07, 6.45) is 7.97. The SMILES string of the molecule is COc1nccc(NC(=O)C(=O)N2C[C@H](C)CC[C@H]2C2CCCC2)c1C(N)=O. The summed E-state index contributed by atoms with van der Waals surface area (Å²) < 4.78 is 5.05. The van der Waals surface area contributed by atoms with E-state index in [1.54, 1.807) is 4.90 Å².